The largest absolute Gasteiger partial charge is 0.435 e. The van der Waals surface area contributed by atoms with Gasteiger partial charge in [-0.05, 0) is 42.0 Å². The van der Waals surface area contributed by atoms with E-state index in [1.165, 1.54) is 42.4 Å². The Hall–Kier alpha value is -3.60. The zero-order chi connectivity index (χ0) is 22.5. The molecule has 0 unspecified atom stereocenters. The van der Waals surface area contributed by atoms with Crippen LogP contribution in [0.5, 0.6) is 5.75 Å². The monoisotopic (exact) mass is 459 g/mol. The van der Waals surface area contributed by atoms with E-state index in [4.69, 9.17) is 0 Å². The first-order chi connectivity index (χ1) is 15.5. The number of rotatable bonds is 8. The molecule has 0 saturated heterocycles. The molecule has 0 saturated carbocycles. The maximum Gasteiger partial charge on any atom is 0.387 e. The lowest BCUT2D eigenvalue weighted by Crippen LogP contribution is -2.24. The van der Waals surface area contributed by atoms with Gasteiger partial charge in [0.1, 0.15) is 22.9 Å². The van der Waals surface area contributed by atoms with Crippen LogP contribution < -0.4 is 10.1 Å². The summed E-state index contributed by atoms with van der Waals surface area (Å²) < 4.78 is 43.4. The molecule has 1 N–H and O–H groups in total. The molecule has 2 aromatic heterocycles. The quantitative estimate of drug-likeness (QED) is 0.317. The van der Waals surface area contributed by atoms with Gasteiger partial charge in [-0.1, -0.05) is 23.9 Å². The van der Waals surface area contributed by atoms with Crippen LogP contribution in [0.15, 0.2) is 66.1 Å². The number of carbonyl (C=O) groups is 1. The van der Waals surface area contributed by atoms with E-state index in [0.717, 1.165) is 5.56 Å². The van der Waals surface area contributed by atoms with Gasteiger partial charge in [0, 0.05) is 6.54 Å². The second kappa shape index (κ2) is 9.69. The Balaban J connectivity index is 1.36. The third-order valence-corrected chi connectivity index (χ3v) is 5.38. The Kier molecular flexibility index (Phi) is 6.55. The minimum atomic E-state index is -2.88. The fourth-order valence-corrected chi connectivity index (χ4v) is 3.67. The molecule has 32 heavy (non-hydrogen) atoms. The number of thioether (sulfide) groups is 1. The van der Waals surface area contributed by atoms with Gasteiger partial charge in [-0.3, -0.25) is 4.79 Å². The van der Waals surface area contributed by atoms with Crippen LogP contribution in [0.1, 0.15) is 5.56 Å². The molecular formula is C21H16F3N5O2S. The molecule has 2 heterocycles. The lowest BCUT2D eigenvalue weighted by molar-refractivity contribution is -0.118. The number of nitrogens with zero attached hydrogens (tertiary/aromatic N) is 4. The van der Waals surface area contributed by atoms with E-state index < -0.39 is 6.61 Å². The van der Waals surface area contributed by atoms with Crippen molar-refractivity contribution in [2.45, 2.75) is 18.2 Å². The maximum atomic E-state index is 13.2. The third-order valence-electron chi connectivity index (χ3n) is 4.38. The molecule has 0 atom stereocenters. The number of nitrogens with one attached hydrogen (secondary N) is 1. The predicted octanol–water partition coefficient (Wildman–Crippen LogP) is 3.96. The maximum absolute atomic E-state index is 13.2. The van der Waals surface area contributed by atoms with Gasteiger partial charge in [0.15, 0.2) is 5.65 Å². The van der Waals surface area contributed by atoms with E-state index in [1.807, 2.05) is 0 Å². The molecule has 4 aromatic rings. The molecule has 11 heteroatoms. The van der Waals surface area contributed by atoms with E-state index in [1.54, 1.807) is 35.1 Å². The second-order valence-corrected chi connectivity index (χ2v) is 7.50. The van der Waals surface area contributed by atoms with Crippen molar-refractivity contribution in [1.29, 1.82) is 0 Å². The average Bonchev–Trinajstić information content (AvgIpc) is 3.22. The molecule has 2 aromatic carbocycles. The van der Waals surface area contributed by atoms with Crippen molar-refractivity contribution in [3.05, 3.63) is 72.4 Å². The molecule has 0 spiro atoms. The van der Waals surface area contributed by atoms with Gasteiger partial charge in [-0.2, -0.15) is 13.9 Å². The SMILES string of the molecule is O=C(CSc1ncnc2c1cnn2-c1ccc(F)cc1)NCc1ccc(OC(F)F)cc1. The van der Waals surface area contributed by atoms with Crippen LogP contribution in [0.2, 0.25) is 0 Å². The Labute approximate surface area is 184 Å². The summed E-state index contributed by atoms with van der Waals surface area (Å²) in [6.07, 6.45) is 2.98. The number of halogens is 3. The van der Waals surface area contributed by atoms with Crippen LogP contribution in [0.4, 0.5) is 13.2 Å². The summed E-state index contributed by atoms with van der Waals surface area (Å²) in [4.78, 5) is 20.7. The van der Waals surface area contributed by atoms with Crippen LogP contribution in [0.25, 0.3) is 16.7 Å². The van der Waals surface area contributed by atoms with Gasteiger partial charge in [-0.25, -0.2) is 19.0 Å². The molecule has 0 aliphatic rings. The van der Waals surface area contributed by atoms with Crippen LogP contribution in [0.3, 0.4) is 0 Å². The molecule has 1 amide bonds. The highest BCUT2D eigenvalue weighted by Gasteiger charge is 2.13. The number of aromatic nitrogens is 4. The second-order valence-electron chi connectivity index (χ2n) is 6.54. The number of ether oxygens (including phenoxy) is 1. The number of hydrogen-bond donors (Lipinski definition) is 1. The summed E-state index contributed by atoms with van der Waals surface area (Å²) in [5, 5.41) is 8.33. The molecule has 7 nitrogen and oxygen atoms in total. The van der Waals surface area contributed by atoms with E-state index in [9.17, 15) is 18.0 Å². The molecule has 0 aliphatic carbocycles. The van der Waals surface area contributed by atoms with Crippen LogP contribution in [0, 0.1) is 5.82 Å². The first-order valence-corrected chi connectivity index (χ1v) is 10.4. The molecule has 0 radical (unpaired) electrons. The molecule has 4 rings (SSSR count). The van der Waals surface area contributed by atoms with Gasteiger partial charge in [0.05, 0.1) is 23.0 Å². The number of alkyl halides is 2. The Morgan fingerprint density at radius 2 is 1.84 bits per heavy atom. The van der Waals surface area contributed by atoms with E-state index >= 15 is 0 Å². The summed E-state index contributed by atoms with van der Waals surface area (Å²) in [5.41, 5.74) is 1.94. The van der Waals surface area contributed by atoms with Crippen molar-refractivity contribution < 1.29 is 22.7 Å². The van der Waals surface area contributed by atoms with E-state index in [-0.39, 0.29) is 29.8 Å². The first-order valence-electron chi connectivity index (χ1n) is 9.37. The van der Waals surface area contributed by atoms with E-state index in [2.05, 4.69) is 25.1 Å². The molecule has 0 bridgehead atoms. The van der Waals surface area contributed by atoms with Crippen LogP contribution in [-0.4, -0.2) is 38.0 Å². The zero-order valence-electron chi connectivity index (χ0n) is 16.4. The van der Waals surface area contributed by atoms with Gasteiger partial charge in [0.25, 0.3) is 0 Å². The smallest absolute Gasteiger partial charge is 0.387 e. The summed E-state index contributed by atoms with van der Waals surface area (Å²) in [5.74, 6) is -0.403. The van der Waals surface area contributed by atoms with Crippen molar-refractivity contribution in [3.63, 3.8) is 0 Å². The number of fused-ring (bicyclic) bond motifs is 1. The predicted molar refractivity (Wildman–Crippen MR) is 112 cm³/mol. The van der Waals surface area contributed by atoms with Crippen molar-refractivity contribution in [2.24, 2.45) is 0 Å². The summed E-state index contributed by atoms with van der Waals surface area (Å²) in [7, 11) is 0. The standard InChI is InChI=1S/C21H16F3N5O2S/c22-14-3-5-15(6-4-14)29-19-17(10-28-29)20(27-12-26-19)32-11-18(30)25-9-13-1-7-16(8-2-13)31-21(23)24/h1-8,10,12,21H,9,11H2,(H,25,30). The summed E-state index contributed by atoms with van der Waals surface area (Å²) >= 11 is 1.23. The average molecular weight is 459 g/mol. The fraction of sp³-hybridized carbons (Fsp3) is 0.143. The highest BCUT2D eigenvalue weighted by molar-refractivity contribution is 8.00. The number of hydrogen-bond acceptors (Lipinski definition) is 6. The molecule has 0 aliphatic heterocycles. The van der Waals surface area contributed by atoms with Crippen molar-refractivity contribution >= 4 is 28.7 Å². The van der Waals surface area contributed by atoms with Crippen LogP contribution >= 0.6 is 11.8 Å². The third kappa shape index (κ3) is 5.17. The van der Waals surface area contributed by atoms with Crippen molar-refractivity contribution in [1.82, 2.24) is 25.1 Å². The van der Waals surface area contributed by atoms with E-state index in [0.29, 0.717) is 21.7 Å². The molecule has 164 valence electrons. The van der Waals surface area contributed by atoms with Crippen molar-refractivity contribution in [2.75, 3.05) is 5.75 Å². The minimum Gasteiger partial charge on any atom is -0.435 e. The lowest BCUT2D eigenvalue weighted by atomic mass is 10.2. The Morgan fingerprint density at radius 3 is 2.56 bits per heavy atom. The summed E-state index contributed by atoms with van der Waals surface area (Å²) in [6.45, 7) is -2.63. The van der Waals surface area contributed by atoms with Gasteiger partial charge in [0.2, 0.25) is 5.91 Å². The van der Waals surface area contributed by atoms with Crippen molar-refractivity contribution in [3.8, 4) is 11.4 Å². The van der Waals surface area contributed by atoms with Gasteiger partial charge < -0.3 is 10.1 Å². The minimum absolute atomic E-state index is 0.0552. The highest BCUT2D eigenvalue weighted by Crippen LogP contribution is 2.25. The molecule has 0 fully saturated rings. The number of carbonyl (C=O) groups excluding carboxylic acids is 1. The highest BCUT2D eigenvalue weighted by atomic mass is 32.2. The molecular weight excluding hydrogens is 443 g/mol. The summed E-state index contributed by atoms with van der Waals surface area (Å²) in [6, 6.07) is 11.9. The topological polar surface area (TPSA) is 81.9 Å². The Bertz CT molecular complexity index is 1220. The zero-order valence-corrected chi connectivity index (χ0v) is 17.2. The Morgan fingerprint density at radius 1 is 1.09 bits per heavy atom. The number of benzene rings is 2. The van der Waals surface area contributed by atoms with Gasteiger partial charge >= 0.3 is 6.61 Å². The fourth-order valence-electron chi connectivity index (χ4n) is 2.88. The number of amides is 1. The lowest BCUT2D eigenvalue weighted by Gasteiger charge is -2.08. The van der Waals surface area contributed by atoms with Crippen LogP contribution in [-0.2, 0) is 11.3 Å². The first kappa shape index (κ1) is 21.6. The van der Waals surface area contributed by atoms with Gasteiger partial charge in [-0.15, -0.1) is 0 Å². The normalized spacial score (nSPS) is 11.1.